The van der Waals surface area contributed by atoms with Crippen molar-refractivity contribution in [3.05, 3.63) is 11.4 Å². The van der Waals surface area contributed by atoms with Crippen molar-refractivity contribution in [2.45, 2.75) is 13.8 Å². The van der Waals surface area contributed by atoms with E-state index in [0.717, 1.165) is 24.5 Å². The summed E-state index contributed by atoms with van der Waals surface area (Å²) >= 11 is 0. The maximum absolute atomic E-state index is 5.50. The number of nitrogens with zero attached hydrogens (tertiary/aromatic N) is 3. The summed E-state index contributed by atoms with van der Waals surface area (Å²) in [4.78, 5) is 10.6. The van der Waals surface area contributed by atoms with E-state index in [2.05, 4.69) is 25.6 Å². The van der Waals surface area contributed by atoms with E-state index in [1.165, 1.54) is 0 Å². The molecule has 0 bridgehead atoms. The Labute approximate surface area is 114 Å². The lowest BCUT2D eigenvalue weighted by molar-refractivity contribution is 0.126. The van der Waals surface area contributed by atoms with Gasteiger partial charge in [-0.1, -0.05) is 0 Å². The minimum absolute atomic E-state index is 0.641. The largest absolute Gasteiger partial charge is 0.378 e. The topological polar surface area (TPSA) is 88.3 Å². The number of nitrogen functional groups attached to an aromatic ring is 1. The lowest BCUT2D eigenvalue weighted by Crippen LogP contribution is -2.20. The number of hydrazine groups is 1. The van der Waals surface area contributed by atoms with Crippen LogP contribution < -0.4 is 16.6 Å². The maximum Gasteiger partial charge on any atom is 0.148 e. The average Bonchev–Trinajstić information content (AvgIpc) is 2.36. The third-order valence-electron chi connectivity index (χ3n) is 2.62. The van der Waals surface area contributed by atoms with Crippen molar-refractivity contribution in [1.82, 2.24) is 14.9 Å². The van der Waals surface area contributed by atoms with Crippen LogP contribution in [0, 0.1) is 13.8 Å². The first-order chi connectivity index (χ1) is 9.04. The van der Waals surface area contributed by atoms with Crippen molar-refractivity contribution in [3.8, 4) is 0 Å². The van der Waals surface area contributed by atoms with Gasteiger partial charge in [-0.15, -0.1) is 0 Å². The van der Waals surface area contributed by atoms with Gasteiger partial charge in [0.05, 0.1) is 13.2 Å². The van der Waals surface area contributed by atoms with Crippen LogP contribution in [0.5, 0.6) is 0 Å². The average molecular weight is 268 g/mol. The molecule has 0 radical (unpaired) electrons. The molecule has 7 nitrogen and oxygen atoms in total. The van der Waals surface area contributed by atoms with Gasteiger partial charge < -0.3 is 20.4 Å². The van der Waals surface area contributed by atoms with Crippen LogP contribution in [0.4, 0.5) is 11.6 Å². The lowest BCUT2D eigenvalue weighted by atomic mass is 10.3. The molecule has 7 heteroatoms. The van der Waals surface area contributed by atoms with E-state index < -0.39 is 0 Å². The maximum atomic E-state index is 5.50. The number of anilines is 2. The minimum Gasteiger partial charge on any atom is -0.378 e. The summed E-state index contributed by atoms with van der Waals surface area (Å²) in [5.41, 5.74) is 3.48. The molecule has 0 spiro atoms. The summed E-state index contributed by atoms with van der Waals surface area (Å²) in [5.74, 6) is 7.52. The minimum atomic E-state index is 0.641. The van der Waals surface area contributed by atoms with Gasteiger partial charge in [-0.25, -0.2) is 15.8 Å². The van der Waals surface area contributed by atoms with Crippen LogP contribution in [-0.2, 0) is 4.74 Å². The number of aryl methyl sites for hydroxylation is 1. The van der Waals surface area contributed by atoms with Crippen molar-refractivity contribution >= 4 is 11.6 Å². The van der Waals surface area contributed by atoms with Crippen molar-refractivity contribution in [2.75, 3.05) is 51.1 Å². The van der Waals surface area contributed by atoms with Crippen LogP contribution in [0.1, 0.15) is 11.4 Å². The van der Waals surface area contributed by atoms with Crippen LogP contribution >= 0.6 is 0 Å². The van der Waals surface area contributed by atoms with Crippen molar-refractivity contribution < 1.29 is 4.74 Å². The zero-order valence-electron chi connectivity index (χ0n) is 12.2. The summed E-state index contributed by atoms with van der Waals surface area (Å²) < 4.78 is 5.50. The quantitative estimate of drug-likeness (QED) is 0.356. The number of aromatic nitrogens is 2. The summed E-state index contributed by atoms with van der Waals surface area (Å²) in [6.45, 7) is 6.75. The van der Waals surface area contributed by atoms with Crippen LogP contribution in [-0.4, -0.2) is 55.3 Å². The molecule has 0 aromatic carbocycles. The van der Waals surface area contributed by atoms with Crippen molar-refractivity contribution in [2.24, 2.45) is 5.84 Å². The molecule has 0 aliphatic rings. The fraction of sp³-hybridized carbons (Fsp3) is 0.667. The standard InChI is InChI=1S/C12H24N6O/c1-9-11(15-10(2)16-12(9)17-13)14-5-7-19-8-6-18(3)4/h5-8,13H2,1-4H3,(H2,14,15,16,17). The van der Waals surface area contributed by atoms with Gasteiger partial charge in [-0.3, -0.25) is 0 Å². The predicted octanol–water partition coefficient (Wildman–Crippen LogP) is 0.369. The Hall–Kier alpha value is -1.44. The molecular formula is C12H24N6O. The van der Waals surface area contributed by atoms with Gasteiger partial charge >= 0.3 is 0 Å². The van der Waals surface area contributed by atoms with Crippen LogP contribution in [0.15, 0.2) is 0 Å². The Balaban J connectivity index is 2.39. The predicted molar refractivity (Wildman–Crippen MR) is 77.2 cm³/mol. The van der Waals surface area contributed by atoms with Crippen molar-refractivity contribution in [1.29, 1.82) is 0 Å². The van der Waals surface area contributed by atoms with E-state index in [9.17, 15) is 0 Å². The molecule has 4 N–H and O–H groups in total. The highest BCUT2D eigenvalue weighted by Crippen LogP contribution is 2.18. The molecule has 1 rings (SSSR count). The molecule has 0 saturated carbocycles. The van der Waals surface area contributed by atoms with E-state index in [1.807, 2.05) is 27.9 Å². The second-order valence-electron chi connectivity index (χ2n) is 4.58. The molecule has 0 fully saturated rings. The lowest BCUT2D eigenvalue weighted by Gasteiger charge is -2.13. The van der Waals surface area contributed by atoms with Crippen LogP contribution in [0.3, 0.4) is 0 Å². The monoisotopic (exact) mass is 268 g/mol. The number of rotatable bonds is 8. The second-order valence-corrected chi connectivity index (χ2v) is 4.58. The molecule has 0 aliphatic carbocycles. The first-order valence-corrected chi connectivity index (χ1v) is 6.32. The number of nitrogens with one attached hydrogen (secondary N) is 2. The van der Waals surface area contributed by atoms with Crippen LogP contribution in [0.2, 0.25) is 0 Å². The molecule has 1 aromatic heterocycles. The highest BCUT2D eigenvalue weighted by atomic mass is 16.5. The highest BCUT2D eigenvalue weighted by molar-refractivity contribution is 5.56. The smallest absolute Gasteiger partial charge is 0.148 e. The molecule has 0 saturated heterocycles. The van der Waals surface area contributed by atoms with Crippen LogP contribution in [0.25, 0.3) is 0 Å². The Morgan fingerprint density at radius 3 is 2.47 bits per heavy atom. The fourth-order valence-electron chi connectivity index (χ4n) is 1.53. The molecular weight excluding hydrogens is 244 g/mol. The Morgan fingerprint density at radius 2 is 1.84 bits per heavy atom. The van der Waals surface area contributed by atoms with Gasteiger partial charge in [0.15, 0.2) is 0 Å². The molecule has 19 heavy (non-hydrogen) atoms. The number of ether oxygens (including phenoxy) is 1. The first-order valence-electron chi connectivity index (χ1n) is 6.32. The zero-order valence-corrected chi connectivity index (χ0v) is 12.2. The normalized spacial score (nSPS) is 10.8. The number of hydrogen-bond acceptors (Lipinski definition) is 7. The van der Waals surface area contributed by atoms with Gasteiger partial charge in [0.2, 0.25) is 0 Å². The molecule has 1 heterocycles. The van der Waals surface area contributed by atoms with E-state index in [-0.39, 0.29) is 0 Å². The zero-order chi connectivity index (χ0) is 14.3. The fourth-order valence-corrected chi connectivity index (χ4v) is 1.53. The van der Waals surface area contributed by atoms with Gasteiger partial charge in [0.1, 0.15) is 17.5 Å². The third-order valence-corrected chi connectivity index (χ3v) is 2.62. The van der Waals surface area contributed by atoms with E-state index in [0.29, 0.717) is 24.8 Å². The van der Waals surface area contributed by atoms with Gasteiger partial charge in [0, 0.05) is 18.7 Å². The summed E-state index contributed by atoms with van der Waals surface area (Å²) in [7, 11) is 4.05. The van der Waals surface area contributed by atoms with Crippen molar-refractivity contribution in [3.63, 3.8) is 0 Å². The molecule has 0 unspecified atom stereocenters. The van der Waals surface area contributed by atoms with Gasteiger partial charge in [-0.05, 0) is 27.9 Å². The Kier molecular flexibility index (Phi) is 6.48. The SMILES string of the molecule is Cc1nc(NN)c(C)c(NCCOCCN(C)C)n1. The second kappa shape index (κ2) is 7.88. The third kappa shape index (κ3) is 5.37. The summed E-state index contributed by atoms with van der Waals surface area (Å²) in [5, 5.41) is 3.23. The Bertz CT molecular complexity index is 396. The molecule has 0 amide bonds. The first kappa shape index (κ1) is 15.6. The van der Waals surface area contributed by atoms with E-state index >= 15 is 0 Å². The molecule has 108 valence electrons. The van der Waals surface area contributed by atoms with E-state index in [1.54, 1.807) is 0 Å². The Morgan fingerprint density at radius 1 is 1.16 bits per heavy atom. The number of hydrogen-bond donors (Lipinski definition) is 3. The molecule has 1 aromatic rings. The molecule has 0 aliphatic heterocycles. The molecule has 0 atom stereocenters. The summed E-state index contributed by atoms with van der Waals surface area (Å²) in [6.07, 6.45) is 0. The number of nitrogens with two attached hydrogens (primary N) is 1. The number of likely N-dealkylation sites (N-methyl/N-ethyl adjacent to an activating group) is 1. The highest BCUT2D eigenvalue weighted by Gasteiger charge is 2.07. The van der Waals surface area contributed by atoms with Gasteiger partial charge in [-0.2, -0.15) is 0 Å². The van der Waals surface area contributed by atoms with E-state index in [4.69, 9.17) is 10.6 Å². The van der Waals surface area contributed by atoms with Gasteiger partial charge in [0.25, 0.3) is 0 Å². The summed E-state index contributed by atoms with van der Waals surface area (Å²) in [6, 6.07) is 0.